The fourth-order valence-corrected chi connectivity index (χ4v) is 3.37. The van der Waals surface area contributed by atoms with Gasteiger partial charge in [0.05, 0.1) is 32.8 Å². The Hall–Kier alpha value is -3.34. The fraction of sp³-hybridized carbons (Fsp3) is 0.368. The lowest BCUT2D eigenvalue weighted by Gasteiger charge is -2.27. The minimum atomic E-state index is -0.510. The van der Waals surface area contributed by atoms with Crippen LogP contribution in [0.25, 0.3) is 0 Å². The number of benzene rings is 1. The maximum Gasteiger partial charge on any atom is 0.244 e. The van der Waals surface area contributed by atoms with Crippen molar-refractivity contribution < 1.29 is 18.9 Å². The number of fused-ring (bicyclic) bond motifs is 1. The summed E-state index contributed by atoms with van der Waals surface area (Å²) in [6.45, 7) is 4.06. The number of aromatic amines is 1. The highest BCUT2D eigenvalue weighted by atomic mass is 16.5. The van der Waals surface area contributed by atoms with E-state index in [0.717, 1.165) is 11.3 Å². The van der Waals surface area contributed by atoms with E-state index in [2.05, 4.69) is 16.3 Å². The van der Waals surface area contributed by atoms with Crippen molar-refractivity contribution in [1.29, 1.82) is 5.26 Å². The molecule has 142 valence electrons. The Morgan fingerprint density at radius 1 is 1.19 bits per heavy atom. The maximum absolute atomic E-state index is 9.78. The van der Waals surface area contributed by atoms with Crippen LogP contribution in [0.3, 0.4) is 0 Å². The summed E-state index contributed by atoms with van der Waals surface area (Å²) in [5, 5.41) is 17.0. The Labute approximate surface area is 157 Å². The number of H-pyrrole nitrogens is 1. The van der Waals surface area contributed by atoms with Crippen LogP contribution in [0.1, 0.15) is 42.5 Å². The van der Waals surface area contributed by atoms with E-state index < -0.39 is 5.92 Å². The summed E-state index contributed by atoms with van der Waals surface area (Å²) >= 11 is 0. The molecule has 1 aromatic carbocycles. The minimum absolute atomic E-state index is 0.0219. The van der Waals surface area contributed by atoms with Crippen LogP contribution in [-0.2, 0) is 0 Å². The van der Waals surface area contributed by atoms with Crippen molar-refractivity contribution in [3.63, 3.8) is 0 Å². The van der Waals surface area contributed by atoms with Gasteiger partial charge in [0.15, 0.2) is 11.5 Å². The molecule has 2 heterocycles. The van der Waals surface area contributed by atoms with Gasteiger partial charge in [-0.3, -0.25) is 5.10 Å². The molecule has 1 aliphatic heterocycles. The number of ether oxygens (including phenoxy) is 4. The summed E-state index contributed by atoms with van der Waals surface area (Å²) in [7, 11) is 4.63. The molecule has 0 fully saturated rings. The van der Waals surface area contributed by atoms with E-state index >= 15 is 0 Å². The summed E-state index contributed by atoms with van der Waals surface area (Å²) in [4.78, 5) is 0. The molecule has 1 aliphatic rings. The van der Waals surface area contributed by atoms with Crippen LogP contribution < -0.4 is 24.7 Å². The molecule has 8 heteroatoms. The standard InChI is InChI=1S/C19H22N4O4/c1-9(2)15-14-13(11(8-20)18(21)27-19(14)23-22-15)10-6-7-12(24-3)17(26-5)16(10)25-4/h6-7,9,13H,21H2,1-5H3,(H,22,23)/t13-/m0/s1. The lowest BCUT2D eigenvalue weighted by molar-refractivity contribution is 0.321. The van der Waals surface area contributed by atoms with Gasteiger partial charge >= 0.3 is 0 Å². The monoisotopic (exact) mass is 370 g/mol. The van der Waals surface area contributed by atoms with Gasteiger partial charge in [0.2, 0.25) is 17.5 Å². The van der Waals surface area contributed by atoms with Crippen LogP contribution in [0, 0.1) is 11.3 Å². The highest BCUT2D eigenvalue weighted by molar-refractivity contribution is 5.64. The molecule has 0 unspecified atom stereocenters. The fourth-order valence-electron chi connectivity index (χ4n) is 3.37. The quantitative estimate of drug-likeness (QED) is 0.831. The Morgan fingerprint density at radius 2 is 1.89 bits per heavy atom. The number of methoxy groups -OCH3 is 3. The van der Waals surface area contributed by atoms with E-state index in [1.165, 1.54) is 7.11 Å². The first kappa shape index (κ1) is 18.5. The second-order valence-corrected chi connectivity index (χ2v) is 6.36. The summed E-state index contributed by atoms with van der Waals surface area (Å²) in [5.74, 6) is 1.44. The van der Waals surface area contributed by atoms with Gasteiger partial charge in [-0.05, 0) is 12.0 Å². The van der Waals surface area contributed by atoms with Crippen LogP contribution in [-0.4, -0.2) is 31.5 Å². The summed E-state index contributed by atoms with van der Waals surface area (Å²) in [6.07, 6.45) is 0. The second kappa shape index (κ2) is 7.11. The van der Waals surface area contributed by atoms with Gasteiger partial charge in [-0.15, -0.1) is 5.10 Å². The number of aromatic nitrogens is 2. The zero-order valence-electron chi connectivity index (χ0n) is 15.9. The largest absolute Gasteiger partial charge is 0.493 e. The van der Waals surface area contributed by atoms with E-state index in [4.69, 9.17) is 24.7 Å². The van der Waals surface area contributed by atoms with Gasteiger partial charge in [0, 0.05) is 11.3 Å². The van der Waals surface area contributed by atoms with Crippen molar-refractivity contribution >= 4 is 0 Å². The molecular formula is C19H22N4O4. The molecule has 0 radical (unpaired) electrons. The summed E-state index contributed by atoms with van der Waals surface area (Å²) < 4.78 is 22.1. The smallest absolute Gasteiger partial charge is 0.244 e. The van der Waals surface area contributed by atoms with Gasteiger partial charge in [-0.2, -0.15) is 5.26 Å². The SMILES string of the molecule is COc1ccc([C@H]2C(C#N)=C(N)Oc3n[nH]c(C(C)C)c32)c(OC)c1OC. The predicted octanol–water partition coefficient (Wildman–Crippen LogP) is 2.78. The normalized spacial score (nSPS) is 15.8. The van der Waals surface area contributed by atoms with E-state index in [1.54, 1.807) is 20.3 Å². The Bertz CT molecular complexity index is 940. The Balaban J connectivity index is 2.33. The van der Waals surface area contributed by atoms with Gasteiger partial charge in [0.25, 0.3) is 0 Å². The third kappa shape index (κ3) is 2.81. The van der Waals surface area contributed by atoms with Crippen molar-refractivity contribution in [2.75, 3.05) is 21.3 Å². The molecule has 8 nitrogen and oxygen atoms in total. The molecule has 0 saturated heterocycles. The number of nitriles is 1. The molecule has 1 aromatic heterocycles. The molecule has 0 saturated carbocycles. The highest BCUT2D eigenvalue weighted by Crippen LogP contribution is 2.50. The molecule has 27 heavy (non-hydrogen) atoms. The van der Waals surface area contributed by atoms with Crippen LogP contribution in [0.5, 0.6) is 23.1 Å². The third-order valence-corrected chi connectivity index (χ3v) is 4.59. The lowest BCUT2D eigenvalue weighted by atomic mass is 9.82. The van der Waals surface area contributed by atoms with Crippen LogP contribution in [0.15, 0.2) is 23.6 Å². The average Bonchev–Trinajstić information content (AvgIpc) is 3.09. The lowest BCUT2D eigenvalue weighted by Crippen LogP contribution is -2.22. The van der Waals surface area contributed by atoms with E-state index in [9.17, 15) is 5.26 Å². The first-order chi connectivity index (χ1) is 13.0. The predicted molar refractivity (Wildman–Crippen MR) is 98.1 cm³/mol. The third-order valence-electron chi connectivity index (χ3n) is 4.59. The molecule has 0 aliphatic carbocycles. The Kier molecular flexibility index (Phi) is 4.86. The number of hydrogen-bond donors (Lipinski definition) is 2. The number of hydrogen-bond acceptors (Lipinski definition) is 7. The van der Waals surface area contributed by atoms with Gasteiger partial charge in [0.1, 0.15) is 11.6 Å². The highest BCUT2D eigenvalue weighted by Gasteiger charge is 2.38. The number of nitrogens with two attached hydrogens (primary N) is 1. The number of nitrogens with zero attached hydrogens (tertiary/aromatic N) is 2. The first-order valence-electron chi connectivity index (χ1n) is 8.42. The van der Waals surface area contributed by atoms with E-state index in [1.807, 2.05) is 19.9 Å². The van der Waals surface area contributed by atoms with E-state index in [0.29, 0.717) is 28.7 Å². The molecule has 0 spiro atoms. The second-order valence-electron chi connectivity index (χ2n) is 6.36. The zero-order chi connectivity index (χ0) is 19.7. The van der Waals surface area contributed by atoms with E-state index in [-0.39, 0.29) is 17.4 Å². The van der Waals surface area contributed by atoms with Crippen molar-refractivity contribution in [1.82, 2.24) is 10.2 Å². The summed E-state index contributed by atoms with van der Waals surface area (Å²) in [6, 6.07) is 5.78. The van der Waals surface area contributed by atoms with Crippen molar-refractivity contribution in [2.24, 2.45) is 5.73 Å². The molecule has 3 rings (SSSR count). The van der Waals surface area contributed by atoms with Crippen molar-refractivity contribution in [2.45, 2.75) is 25.7 Å². The zero-order valence-corrected chi connectivity index (χ0v) is 15.9. The van der Waals surface area contributed by atoms with Crippen LogP contribution in [0.2, 0.25) is 0 Å². The molecule has 0 amide bonds. The average molecular weight is 370 g/mol. The van der Waals surface area contributed by atoms with Gasteiger partial charge in [-0.1, -0.05) is 19.9 Å². The van der Waals surface area contributed by atoms with Gasteiger partial charge in [-0.25, -0.2) is 0 Å². The number of rotatable bonds is 5. The molecule has 0 bridgehead atoms. The molecule has 1 atom stereocenters. The molecule has 2 aromatic rings. The summed E-state index contributed by atoms with van der Waals surface area (Å²) in [5.41, 5.74) is 8.65. The van der Waals surface area contributed by atoms with Crippen LogP contribution >= 0.6 is 0 Å². The maximum atomic E-state index is 9.78. The first-order valence-corrected chi connectivity index (χ1v) is 8.42. The Morgan fingerprint density at radius 3 is 2.44 bits per heavy atom. The van der Waals surface area contributed by atoms with Gasteiger partial charge < -0.3 is 24.7 Å². The minimum Gasteiger partial charge on any atom is -0.493 e. The number of allylic oxidation sites excluding steroid dienone is 1. The van der Waals surface area contributed by atoms with Crippen molar-refractivity contribution in [3.8, 4) is 29.2 Å². The molecular weight excluding hydrogens is 348 g/mol. The van der Waals surface area contributed by atoms with Crippen LogP contribution in [0.4, 0.5) is 0 Å². The van der Waals surface area contributed by atoms with Crippen molar-refractivity contribution in [3.05, 3.63) is 40.4 Å². The topological polar surface area (TPSA) is 115 Å². The number of nitrogens with one attached hydrogen (secondary N) is 1. The molecule has 3 N–H and O–H groups in total.